The highest BCUT2D eigenvalue weighted by Gasteiger charge is 2.47. The molecular formula is C35H42N6O4. The predicted molar refractivity (Wildman–Crippen MR) is 172 cm³/mol. The van der Waals surface area contributed by atoms with Gasteiger partial charge < -0.3 is 34.5 Å². The van der Waals surface area contributed by atoms with E-state index >= 15 is 0 Å². The van der Waals surface area contributed by atoms with E-state index in [1.54, 1.807) is 25.9 Å². The highest BCUT2D eigenvalue weighted by Crippen LogP contribution is 2.42. The molecule has 3 N–H and O–H groups in total. The first-order valence-corrected chi connectivity index (χ1v) is 16.3. The Morgan fingerprint density at radius 1 is 1.07 bits per heavy atom. The number of methoxy groups -OCH3 is 1. The van der Waals surface area contributed by atoms with Gasteiger partial charge in [0.2, 0.25) is 0 Å². The second kappa shape index (κ2) is 10.1. The van der Waals surface area contributed by atoms with Crippen LogP contribution in [-0.2, 0) is 18.4 Å². The molecule has 8 rings (SSSR count). The van der Waals surface area contributed by atoms with Crippen molar-refractivity contribution in [1.82, 2.24) is 23.9 Å². The molecule has 2 bridgehead atoms. The maximum Gasteiger partial charge on any atom is 0.254 e. The summed E-state index contributed by atoms with van der Waals surface area (Å²) < 4.78 is 10.4. The third-order valence-electron chi connectivity index (χ3n) is 10.8. The summed E-state index contributed by atoms with van der Waals surface area (Å²) >= 11 is 0. The van der Waals surface area contributed by atoms with Crippen LogP contribution in [0.5, 0.6) is 5.75 Å². The van der Waals surface area contributed by atoms with E-state index in [1.165, 1.54) is 23.9 Å². The molecule has 4 aliphatic rings. The fourth-order valence-corrected chi connectivity index (χ4v) is 8.11. The van der Waals surface area contributed by atoms with Gasteiger partial charge in [-0.15, -0.1) is 0 Å². The Morgan fingerprint density at radius 2 is 1.84 bits per heavy atom. The Balaban J connectivity index is 1.20. The molecule has 236 valence electrons. The Labute approximate surface area is 262 Å². The van der Waals surface area contributed by atoms with Crippen LogP contribution in [0.2, 0.25) is 0 Å². The smallest absolute Gasteiger partial charge is 0.254 e. The molecule has 3 atom stereocenters. The van der Waals surface area contributed by atoms with Crippen molar-refractivity contribution in [3.63, 3.8) is 0 Å². The molecular weight excluding hydrogens is 568 g/mol. The highest BCUT2D eigenvalue weighted by atomic mass is 16.5. The highest BCUT2D eigenvalue weighted by molar-refractivity contribution is 6.00. The van der Waals surface area contributed by atoms with Crippen LogP contribution >= 0.6 is 0 Å². The van der Waals surface area contributed by atoms with E-state index in [0.717, 1.165) is 47.3 Å². The number of hydrogen-bond acceptors (Lipinski definition) is 6. The van der Waals surface area contributed by atoms with Gasteiger partial charge >= 0.3 is 0 Å². The molecule has 0 spiro atoms. The summed E-state index contributed by atoms with van der Waals surface area (Å²) in [6, 6.07) is 12.6. The second-order valence-electron chi connectivity index (χ2n) is 14.3. The molecule has 2 amide bonds. The van der Waals surface area contributed by atoms with Gasteiger partial charge in [0.05, 0.1) is 23.8 Å². The number of ether oxygens (including phenoxy) is 1. The van der Waals surface area contributed by atoms with Crippen molar-refractivity contribution in [2.24, 2.45) is 24.6 Å². The number of amides is 2. The molecule has 4 heterocycles. The lowest BCUT2D eigenvalue weighted by Gasteiger charge is -2.42. The lowest BCUT2D eigenvalue weighted by atomic mass is 9.88. The Morgan fingerprint density at radius 3 is 2.49 bits per heavy atom. The minimum Gasteiger partial charge on any atom is -0.494 e. The number of aryl methyl sites for hydroxylation is 1. The van der Waals surface area contributed by atoms with Crippen LogP contribution in [0.4, 0.5) is 0 Å². The molecule has 2 aliphatic heterocycles. The van der Waals surface area contributed by atoms with Crippen molar-refractivity contribution >= 4 is 33.8 Å². The number of para-hydroxylation sites is 1. The third-order valence-corrected chi connectivity index (χ3v) is 10.8. The first-order valence-electron chi connectivity index (χ1n) is 16.3. The number of hydrogen-bond donors (Lipinski definition) is 2. The van der Waals surface area contributed by atoms with Crippen molar-refractivity contribution in [3.05, 3.63) is 47.5 Å². The lowest BCUT2D eigenvalue weighted by molar-refractivity contribution is -0.152. The number of carbonyl (C=O) groups is 2. The normalized spacial score (nSPS) is 23.4. The summed E-state index contributed by atoms with van der Waals surface area (Å²) in [6.07, 6.45) is 4.48. The summed E-state index contributed by atoms with van der Waals surface area (Å²) in [4.78, 5) is 35.3. The average Bonchev–Trinajstić information content (AvgIpc) is 3.37. The van der Waals surface area contributed by atoms with Crippen molar-refractivity contribution in [1.29, 1.82) is 0 Å². The standard InChI is InChI=1S/C35H42N6O4/c1-35(2,44)34(43)39-16-23(17-39)24-7-5-6-20-13-27(40(30(20)24)15-19-8-9-19)32-37-25-12-22(14-28(45-4)31(25)38(32)3)33(42)41-18-21-10-11-26(41)29(21)36/h5-7,12-14,19,21,23,26,29,44H,8-11,15-18,36H2,1-4H3/t21-,26-,29-/m1/s1. The van der Waals surface area contributed by atoms with Crippen LogP contribution in [0.3, 0.4) is 0 Å². The molecule has 0 unspecified atom stereocenters. The quantitative estimate of drug-likeness (QED) is 0.328. The number of rotatable bonds is 7. The van der Waals surface area contributed by atoms with Gasteiger partial charge in [0.25, 0.3) is 11.8 Å². The van der Waals surface area contributed by atoms with Gasteiger partial charge in [0.1, 0.15) is 16.9 Å². The van der Waals surface area contributed by atoms with E-state index < -0.39 is 5.60 Å². The Kier molecular flexibility index (Phi) is 6.39. The number of fused-ring (bicyclic) bond motifs is 4. The number of nitrogens with zero attached hydrogens (tertiary/aromatic N) is 5. The SMILES string of the molecule is COc1cc(C(=O)N2C[C@H]3CC[C@@H]2[C@@H]3N)cc2nc(-c3cc4cccc(C5CN(C(=O)C(C)(C)O)C5)c4n3CC3CC3)n(C)c12. The van der Waals surface area contributed by atoms with E-state index in [9.17, 15) is 14.7 Å². The zero-order chi connectivity index (χ0) is 31.4. The first kappa shape index (κ1) is 28.6. The molecule has 2 aromatic heterocycles. The van der Waals surface area contributed by atoms with Gasteiger partial charge in [-0.05, 0) is 75.1 Å². The average molecular weight is 611 g/mol. The van der Waals surface area contributed by atoms with Crippen LogP contribution < -0.4 is 10.5 Å². The zero-order valence-corrected chi connectivity index (χ0v) is 26.5. The van der Waals surface area contributed by atoms with Gasteiger partial charge in [-0.2, -0.15) is 0 Å². The van der Waals surface area contributed by atoms with Crippen LogP contribution in [0.1, 0.15) is 61.4 Å². The molecule has 2 aliphatic carbocycles. The Bertz CT molecular complexity index is 1860. The van der Waals surface area contributed by atoms with Gasteiger partial charge in [0, 0.05) is 62.2 Å². The zero-order valence-electron chi connectivity index (χ0n) is 26.5. The summed E-state index contributed by atoms with van der Waals surface area (Å²) in [5.74, 6) is 2.42. The molecule has 0 radical (unpaired) electrons. The summed E-state index contributed by atoms with van der Waals surface area (Å²) in [5.41, 5.74) is 10.7. The maximum absolute atomic E-state index is 13.7. The minimum atomic E-state index is -1.37. The van der Waals surface area contributed by atoms with Gasteiger partial charge in [-0.1, -0.05) is 18.2 Å². The maximum atomic E-state index is 13.7. The molecule has 45 heavy (non-hydrogen) atoms. The van der Waals surface area contributed by atoms with E-state index in [0.29, 0.717) is 42.8 Å². The molecule has 10 heteroatoms. The number of imidazole rings is 1. The van der Waals surface area contributed by atoms with Crippen molar-refractivity contribution in [3.8, 4) is 17.3 Å². The number of aliphatic hydroxyl groups is 1. The van der Waals surface area contributed by atoms with Crippen LogP contribution in [0.15, 0.2) is 36.4 Å². The van der Waals surface area contributed by atoms with E-state index in [-0.39, 0.29) is 29.8 Å². The lowest BCUT2D eigenvalue weighted by Crippen LogP contribution is -2.55. The summed E-state index contributed by atoms with van der Waals surface area (Å²) in [6.45, 7) is 5.90. The topological polar surface area (TPSA) is 119 Å². The van der Waals surface area contributed by atoms with Crippen LogP contribution in [-0.4, -0.2) is 85.3 Å². The Hall–Kier alpha value is -3.89. The molecule has 10 nitrogen and oxygen atoms in total. The predicted octanol–water partition coefficient (Wildman–Crippen LogP) is 3.87. The number of carbonyl (C=O) groups excluding carboxylic acids is 2. The van der Waals surface area contributed by atoms with Crippen molar-refractivity contribution < 1.29 is 19.4 Å². The van der Waals surface area contributed by atoms with E-state index in [4.69, 9.17) is 15.5 Å². The number of likely N-dealkylation sites (tertiary alicyclic amines) is 2. The molecule has 4 fully saturated rings. The minimum absolute atomic E-state index is 0.00449. The molecule has 2 aromatic carbocycles. The molecule has 4 aromatic rings. The van der Waals surface area contributed by atoms with Gasteiger partial charge in [0.15, 0.2) is 5.82 Å². The fourth-order valence-electron chi connectivity index (χ4n) is 8.11. The van der Waals surface area contributed by atoms with Crippen molar-refractivity contribution in [2.75, 3.05) is 26.7 Å². The molecule has 2 saturated heterocycles. The van der Waals surface area contributed by atoms with Gasteiger partial charge in [-0.25, -0.2) is 4.98 Å². The number of piperidine rings is 1. The largest absolute Gasteiger partial charge is 0.494 e. The number of nitrogens with two attached hydrogens (primary N) is 1. The van der Waals surface area contributed by atoms with Crippen LogP contribution in [0, 0.1) is 11.8 Å². The first-order chi connectivity index (χ1) is 21.5. The molecule has 2 saturated carbocycles. The van der Waals surface area contributed by atoms with E-state index in [1.807, 2.05) is 24.1 Å². The van der Waals surface area contributed by atoms with Crippen LogP contribution in [0.25, 0.3) is 33.5 Å². The summed E-state index contributed by atoms with van der Waals surface area (Å²) in [7, 11) is 3.66. The summed E-state index contributed by atoms with van der Waals surface area (Å²) in [5, 5.41) is 11.4. The van der Waals surface area contributed by atoms with Gasteiger partial charge in [-0.3, -0.25) is 9.59 Å². The second-order valence-corrected chi connectivity index (χ2v) is 14.3. The van der Waals surface area contributed by atoms with E-state index in [2.05, 4.69) is 33.4 Å². The number of benzene rings is 2. The monoisotopic (exact) mass is 610 g/mol. The third kappa shape index (κ3) is 4.47. The number of aromatic nitrogens is 3. The van der Waals surface area contributed by atoms with Crippen molar-refractivity contribution in [2.45, 2.75) is 69.7 Å². The fraction of sp³-hybridized carbons (Fsp3) is 0.514.